The van der Waals surface area contributed by atoms with E-state index < -0.39 is 5.97 Å². The van der Waals surface area contributed by atoms with Crippen molar-refractivity contribution in [3.63, 3.8) is 0 Å². The highest BCUT2D eigenvalue weighted by Gasteiger charge is 2.39. The van der Waals surface area contributed by atoms with Gasteiger partial charge in [-0.2, -0.15) is 0 Å². The monoisotopic (exact) mass is 471 g/mol. The third-order valence-electron chi connectivity index (χ3n) is 8.12. The van der Waals surface area contributed by atoms with Crippen LogP contribution >= 0.6 is 0 Å². The molecule has 7 nitrogen and oxygen atoms in total. The number of carbonyl (C=O) groups excluding carboxylic acids is 1. The Morgan fingerprint density at radius 1 is 1.18 bits per heavy atom. The summed E-state index contributed by atoms with van der Waals surface area (Å²) in [6.07, 6.45) is 10.8. The summed E-state index contributed by atoms with van der Waals surface area (Å²) in [4.78, 5) is 28.3. The van der Waals surface area contributed by atoms with Crippen molar-refractivity contribution in [3.05, 3.63) is 17.3 Å². The van der Waals surface area contributed by atoms with Gasteiger partial charge in [-0.15, -0.1) is 5.10 Å². The number of nitrogens with zero attached hydrogens (tertiary/aromatic N) is 3. The van der Waals surface area contributed by atoms with Crippen molar-refractivity contribution in [1.82, 2.24) is 9.78 Å². The number of aromatic carboxylic acids is 1. The van der Waals surface area contributed by atoms with Crippen molar-refractivity contribution in [2.45, 2.75) is 97.9 Å². The second-order valence-corrected chi connectivity index (χ2v) is 11.3. The van der Waals surface area contributed by atoms with Crippen LogP contribution in [-0.2, 0) is 16.0 Å². The molecule has 2 fully saturated rings. The topological polar surface area (TPSA) is 84.7 Å². The molecule has 2 aliphatic carbocycles. The molecule has 0 atom stereocenters. The fraction of sp³-hybridized carbons (Fsp3) is 0.741. The highest BCUT2D eigenvalue weighted by Crippen LogP contribution is 2.39. The molecule has 0 radical (unpaired) electrons. The van der Waals surface area contributed by atoms with E-state index in [4.69, 9.17) is 9.84 Å². The zero-order chi connectivity index (χ0) is 24.5. The van der Waals surface area contributed by atoms with Gasteiger partial charge in [-0.3, -0.25) is 9.69 Å². The van der Waals surface area contributed by atoms with Crippen LogP contribution in [-0.4, -0.2) is 46.0 Å². The lowest BCUT2D eigenvalue weighted by Gasteiger charge is -2.37. The third-order valence-corrected chi connectivity index (χ3v) is 8.12. The highest BCUT2D eigenvalue weighted by molar-refractivity contribution is 6.03. The van der Waals surface area contributed by atoms with E-state index in [1.807, 2.05) is 11.6 Å². The Bertz CT molecular complexity index is 934. The van der Waals surface area contributed by atoms with Crippen molar-refractivity contribution >= 4 is 23.4 Å². The average molecular weight is 472 g/mol. The minimum atomic E-state index is -1.00. The van der Waals surface area contributed by atoms with E-state index in [0.717, 1.165) is 50.6 Å². The highest BCUT2D eigenvalue weighted by atomic mass is 16.5. The van der Waals surface area contributed by atoms with E-state index in [2.05, 4.69) is 26.8 Å². The minimum absolute atomic E-state index is 0.0485. The van der Waals surface area contributed by atoms with Gasteiger partial charge >= 0.3 is 5.97 Å². The second kappa shape index (κ2) is 10.2. The SMILES string of the molecule is CCc1c(C(=O)O)c(N(C(=O)C2CCC(C)CC2)C2CCOCC2)nn1C1=CCC(C)(C)CC1. The number of carbonyl (C=O) groups is 2. The Balaban J connectivity index is 1.78. The molecule has 1 aromatic rings. The molecule has 1 saturated carbocycles. The fourth-order valence-corrected chi connectivity index (χ4v) is 5.75. The largest absolute Gasteiger partial charge is 0.477 e. The number of anilines is 1. The van der Waals surface area contributed by atoms with Crippen molar-refractivity contribution in [2.24, 2.45) is 17.3 Å². The molecule has 1 saturated heterocycles. The Morgan fingerprint density at radius 2 is 1.85 bits per heavy atom. The van der Waals surface area contributed by atoms with Gasteiger partial charge in [-0.05, 0) is 75.5 Å². The van der Waals surface area contributed by atoms with Crippen LogP contribution in [0, 0.1) is 17.3 Å². The lowest BCUT2D eigenvalue weighted by Crippen LogP contribution is -2.47. The van der Waals surface area contributed by atoms with Gasteiger partial charge in [0.15, 0.2) is 5.82 Å². The summed E-state index contributed by atoms with van der Waals surface area (Å²) in [5.74, 6) is -0.0379. The summed E-state index contributed by atoms with van der Waals surface area (Å²) < 4.78 is 7.42. The number of aromatic nitrogens is 2. The van der Waals surface area contributed by atoms with Crippen LogP contribution in [0.15, 0.2) is 6.08 Å². The zero-order valence-electron chi connectivity index (χ0n) is 21.3. The summed E-state index contributed by atoms with van der Waals surface area (Å²) in [5.41, 5.74) is 2.17. The lowest BCUT2D eigenvalue weighted by molar-refractivity contribution is -0.124. The van der Waals surface area contributed by atoms with Crippen LogP contribution in [0.25, 0.3) is 5.70 Å². The first-order valence-corrected chi connectivity index (χ1v) is 13.2. The smallest absolute Gasteiger partial charge is 0.341 e. The first kappa shape index (κ1) is 25.0. The maximum atomic E-state index is 14.0. The van der Waals surface area contributed by atoms with Crippen LogP contribution in [0.1, 0.15) is 102 Å². The maximum absolute atomic E-state index is 14.0. The van der Waals surface area contributed by atoms with Gasteiger partial charge in [0, 0.05) is 30.9 Å². The Morgan fingerprint density at radius 3 is 2.41 bits per heavy atom. The van der Waals surface area contributed by atoms with E-state index in [1.54, 1.807) is 4.90 Å². The molecule has 1 amide bonds. The first-order valence-electron chi connectivity index (χ1n) is 13.2. The van der Waals surface area contributed by atoms with Crippen LogP contribution < -0.4 is 4.90 Å². The fourth-order valence-electron chi connectivity index (χ4n) is 5.75. The van der Waals surface area contributed by atoms with Gasteiger partial charge in [0.1, 0.15) is 5.56 Å². The quantitative estimate of drug-likeness (QED) is 0.589. The summed E-state index contributed by atoms with van der Waals surface area (Å²) >= 11 is 0. The standard InChI is InChI=1S/C27H41N3O4/c1-5-22-23(26(32)33)24(28-30(22)21-10-14-27(3,4)15-11-21)29(20-12-16-34-17-13-20)25(31)19-8-6-18(2)7-9-19/h10,18-20H,5-9,11-17H2,1-4H3,(H,32,33). The molecule has 4 rings (SSSR count). The Labute approximate surface area is 203 Å². The molecule has 1 aromatic heterocycles. The number of carboxylic acids is 1. The molecule has 2 heterocycles. The van der Waals surface area contributed by atoms with Crippen molar-refractivity contribution in [2.75, 3.05) is 18.1 Å². The van der Waals surface area contributed by atoms with Gasteiger partial charge in [-0.1, -0.05) is 33.8 Å². The van der Waals surface area contributed by atoms with Crippen LogP contribution in [0.5, 0.6) is 0 Å². The van der Waals surface area contributed by atoms with E-state index in [0.29, 0.717) is 49.9 Å². The molecule has 34 heavy (non-hydrogen) atoms. The Hall–Kier alpha value is -2.15. The number of rotatable bonds is 6. The van der Waals surface area contributed by atoms with Gasteiger partial charge in [0.25, 0.3) is 0 Å². The number of allylic oxidation sites excluding steroid dienone is 2. The summed E-state index contributed by atoms with van der Waals surface area (Å²) in [6, 6.07) is -0.0778. The van der Waals surface area contributed by atoms with Crippen molar-refractivity contribution < 1.29 is 19.4 Å². The van der Waals surface area contributed by atoms with Crippen LogP contribution in [0.2, 0.25) is 0 Å². The molecular formula is C27H41N3O4. The number of carboxylic acid groups (broad SMARTS) is 1. The van der Waals surface area contributed by atoms with Gasteiger partial charge in [-0.25, -0.2) is 9.48 Å². The molecule has 0 spiro atoms. The third kappa shape index (κ3) is 5.09. The van der Waals surface area contributed by atoms with E-state index in [1.165, 1.54) is 0 Å². The number of ether oxygens (including phenoxy) is 1. The summed E-state index contributed by atoms with van der Waals surface area (Å²) in [7, 11) is 0. The Kier molecular flexibility index (Phi) is 7.51. The van der Waals surface area contributed by atoms with Crippen LogP contribution in [0.3, 0.4) is 0 Å². The number of hydrogen-bond donors (Lipinski definition) is 1. The van der Waals surface area contributed by atoms with Crippen LogP contribution in [0.4, 0.5) is 5.82 Å². The number of amides is 1. The normalized spacial score (nSPS) is 25.6. The predicted molar refractivity (Wildman–Crippen MR) is 133 cm³/mol. The summed E-state index contributed by atoms with van der Waals surface area (Å²) in [5, 5.41) is 15.2. The minimum Gasteiger partial charge on any atom is -0.477 e. The molecule has 188 valence electrons. The average Bonchev–Trinajstić information content (AvgIpc) is 3.19. The zero-order valence-corrected chi connectivity index (χ0v) is 21.3. The maximum Gasteiger partial charge on any atom is 0.341 e. The molecule has 0 aromatic carbocycles. The van der Waals surface area contributed by atoms with Crippen molar-refractivity contribution in [3.8, 4) is 0 Å². The molecule has 3 aliphatic rings. The molecule has 0 unspecified atom stereocenters. The van der Waals surface area contributed by atoms with E-state index in [9.17, 15) is 14.7 Å². The molecule has 7 heteroatoms. The van der Waals surface area contributed by atoms with Gasteiger partial charge in [0.2, 0.25) is 5.91 Å². The van der Waals surface area contributed by atoms with Crippen molar-refractivity contribution in [1.29, 1.82) is 0 Å². The predicted octanol–water partition coefficient (Wildman–Crippen LogP) is 5.53. The molecule has 1 N–H and O–H groups in total. The van der Waals surface area contributed by atoms with Gasteiger partial charge in [0.05, 0.1) is 5.69 Å². The number of hydrogen-bond acceptors (Lipinski definition) is 4. The molecule has 0 bridgehead atoms. The first-order chi connectivity index (χ1) is 16.2. The second-order valence-electron chi connectivity index (χ2n) is 11.3. The van der Waals surface area contributed by atoms with E-state index in [-0.39, 0.29) is 28.8 Å². The lowest BCUT2D eigenvalue weighted by atomic mass is 9.80. The molecule has 1 aliphatic heterocycles. The van der Waals surface area contributed by atoms with Gasteiger partial charge < -0.3 is 9.84 Å². The van der Waals surface area contributed by atoms with E-state index >= 15 is 0 Å². The molecular weight excluding hydrogens is 430 g/mol. The summed E-state index contributed by atoms with van der Waals surface area (Å²) in [6.45, 7) is 9.90.